The van der Waals surface area contributed by atoms with E-state index in [-0.39, 0.29) is 23.7 Å². The molecule has 1 saturated heterocycles. The van der Waals surface area contributed by atoms with Crippen molar-refractivity contribution in [2.75, 3.05) is 6.54 Å². The largest absolute Gasteiger partial charge is 0.344 e. The Hall–Kier alpha value is -1.79. The van der Waals surface area contributed by atoms with E-state index in [4.69, 9.17) is 0 Å². The molecule has 0 radical (unpaired) electrons. The molecule has 198 valence electrons. The molecule has 3 unspecified atom stereocenters. The molecule has 0 spiro atoms. The molecule has 5 amide bonds. The summed E-state index contributed by atoms with van der Waals surface area (Å²) >= 11 is 0. The van der Waals surface area contributed by atoms with Crippen molar-refractivity contribution >= 4 is 48.3 Å². The lowest BCUT2D eigenvalue weighted by Crippen LogP contribution is -2.59. The van der Waals surface area contributed by atoms with Gasteiger partial charge in [0.05, 0.1) is 6.04 Å². The zero-order valence-corrected chi connectivity index (χ0v) is 23.7. The number of hydrogen-bond acceptors (Lipinski definition) is 5. The summed E-state index contributed by atoms with van der Waals surface area (Å²) in [7, 11) is 4.11. The molecule has 0 bridgehead atoms. The average Bonchev–Trinajstić information content (AvgIpc) is 3.22. The van der Waals surface area contributed by atoms with Gasteiger partial charge in [0, 0.05) is 6.54 Å². The second kappa shape index (κ2) is 12.4. The van der Waals surface area contributed by atoms with Crippen LogP contribution in [0.15, 0.2) is 0 Å². The third kappa shape index (κ3) is 7.60. The standard InChI is InChI=1S/C23H41N5O5P2/c1-12(2)14-10-16(28(11-14)21(32)18(23(3,4)5)25-22(33)27-35)19(30)24-15(9-13-7-6-8-13)17(29)20(31)26-34/h12-16,18H,6-11,34-35H2,1-5H3,(H,24,30)(H,26,31)(H2,25,27,33)/t14-,15?,16+,18-/m1/s1. The van der Waals surface area contributed by atoms with Crippen molar-refractivity contribution in [3.05, 3.63) is 0 Å². The first-order valence-corrected chi connectivity index (χ1v) is 13.4. The molecule has 2 rings (SSSR count). The predicted octanol–water partition coefficient (Wildman–Crippen LogP) is 1.51. The number of ketones is 1. The van der Waals surface area contributed by atoms with Crippen molar-refractivity contribution < 1.29 is 24.0 Å². The highest BCUT2D eigenvalue weighted by atomic mass is 31.0. The lowest BCUT2D eigenvalue weighted by molar-refractivity contribution is -0.143. The third-order valence-electron chi connectivity index (χ3n) is 7.16. The maximum Gasteiger partial charge on any atom is 0.318 e. The van der Waals surface area contributed by atoms with Gasteiger partial charge in [0.25, 0.3) is 5.91 Å². The molecule has 2 fully saturated rings. The zero-order chi connectivity index (χ0) is 26.5. The van der Waals surface area contributed by atoms with E-state index in [0.717, 1.165) is 19.3 Å². The van der Waals surface area contributed by atoms with Crippen molar-refractivity contribution in [2.45, 2.75) is 84.8 Å². The number of Topliss-reactive ketones (excluding diaryl/α,β-unsaturated/α-hetero) is 1. The van der Waals surface area contributed by atoms with Gasteiger partial charge in [-0.15, -0.1) is 0 Å². The van der Waals surface area contributed by atoms with Crippen LogP contribution in [0.1, 0.15) is 66.7 Å². The van der Waals surface area contributed by atoms with E-state index in [9.17, 15) is 24.0 Å². The number of likely N-dealkylation sites (tertiary alicyclic amines) is 1. The maximum atomic E-state index is 13.7. The molecule has 1 aliphatic carbocycles. The lowest BCUT2D eigenvalue weighted by Gasteiger charge is -2.36. The molecule has 0 aromatic heterocycles. The second-order valence-electron chi connectivity index (χ2n) is 11.1. The summed E-state index contributed by atoms with van der Waals surface area (Å²) in [5.74, 6) is -1.66. The molecule has 2 aliphatic rings. The van der Waals surface area contributed by atoms with Gasteiger partial charge < -0.3 is 25.7 Å². The average molecular weight is 530 g/mol. The second-order valence-corrected chi connectivity index (χ2v) is 11.7. The smallest absolute Gasteiger partial charge is 0.318 e. The fourth-order valence-electron chi connectivity index (χ4n) is 4.62. The fraction of sp³-hybridized carbons (Fsp3) is 0.783. The summed E-state index contributed by atoms with van der Waals surface area (Å²) in [6.07, 6.45) is 3.84. The first-order chi connectivity index (χ1) is 16.3. The first-order valence-electron chi connectivity index (χ1n) is 12.2. The number of amides is 5. The molecular formula is C23H41N5O5P2. The Bertz CT molecular complexity index is 828. The van der Waals surface area contributed by atoms with Crippen LogP contribution in [0.4, 0.5) is 4.79 Å². The number of carbonyl (C=O) groups excluding carboxylic acids is 5. The van der Waals surface area contributed by atoms with Crippen LogP contribution in [0.3, 0.4) is 0 Å². The highest BCUT2D eigenvalue weighted by Crippen LogP contribution is 2.33. The van der Waals surface area contributed by atoms with Crippen molar-refractivity contribution in [1.29, 1.82) is 0 Å². The van der Waals surface area contributed by atoms with Gasteiger partial charge in [-0.2, -0.15) is 0 Å². The minimum Gasteiger partial charge on any atom is -0.344 e. The van der Waals surface area contributed by atoms with Crippen LogP contribution in [0.25, 0.3) is 0 Å². The molecule has 4 N–H and O–H groups in total. The highest BCUT2D eigenvalue weighted by molar-refractivity contribution is 7.15. The van der Waals surface area contributed by atoms with Crippen molar-refractivity contribution in [3.8, 4) is 0 Å². The number of rotatable bonds is 9. The van der Waals surface area contributed by atoms with E-state index in [2.05, 4.69) is 30.2 Å². The monoisotopic (exact) mass is 529 g/mol. The Labute approximate surface area is 212 Å². The zero-order valence-electron chi connectivity index (χ0n) is 21.3. The van der Waals surface area contributed by atoms with Gasteiger partial charge in [-0.1, -0.05) is 53.9 Å². The molecule has 10 nitrogen and oxygen atoms in total. The number of urea groups is 1. The lowest BCUT2D eigenvalue weighted by atomic mass is 9.80. The van der Waals surface area contributed by atoms with Crippen LogP contribution >= 0.6 is 18.8 Å². The number of nitrogens with one attached hydrogen (secondary N) is 4. The van der Waals surface area contributed by atoms with Crippen LogP contribution in [-0.2, 0) is 19.2 Å². The van der Waals surface area contributed by atoms with Gasteiger partial charge in [-0.3, -0.25) is 19.2 Å². The van der Waals surface area contributed by atoms with Crippen LogP contribution in [0, 0.1) is 23.2 Å². The molecule has 6 atom stereocenters. The fourth-order valence-corrected chi connectivity index (χ4v) is 4.85. The van der Waals surface area contributed by atoms with Crippen molar-refractivity contribution in [3.63, 3.8) is 0 Å². The minimum atomic E-state index is -0.942. The summed E-state index contributed by atoms with van der Waals surface area (Å²) in [5.41, 5.74) is -0.606. The first kappa shape index (κ1) is 29.4. The summed E-state index contributed by atoms with van der Waals surface area (Å²) < 4.78 is 0. The Morgan fingerprint density at radius 2 is 1.63 bits per heavy atom. The molecular weight excluding hydrogens is 488 g/mol. The van der Waals surface area contributed by atoms with E-state index in [1.807, 2.05) is 44.0 Å². The Morgan fingerprint density at radius 3 is 2.09 bits per heavy atom. The highest BCUT2D eigenvalue weighted by Gasteiger charge is 2.46. The van der Waals surface area contributed by atoms with Crippen molar-refractivity contribution in [1.82, 2.24) is 25.7 Å². The topological polar surface area (TPSA) is 137 Å². The van der Waals surface area contributed by atoms with Crippen LogP contribution in [0.2, 0.25) is 0 Å². The Morgan fingerprint density at radius 1 is 1.00 bits per heavy atom. The number of nitrogens with zero attached hydrogens (tertiary/aromatic N) is 1. The van der Waals surface area contributed by atoms with Crippen LogP contribution in [0.5, 0.6) is 0 Å². The molecule has 0 aromatic rings. The molecule has 35 heavy (non-hydrogen) atoms. The van der Waals surface area contributed by atoms with E-state index in [1.54, 1.807) is 0 Å². The molecule has 1 heterocycles. The van der Waals surface area contributed by atoms with E-state index >= 15 is 0 Å². The van der Waals surface area contributed by atoms with E-state index in [1.165, 1.54) is 4.90 Å². The maximum absolute atomic E-state index is 13.7. The van der Waals surface area contributed by atoms with Gasteiger partial charge in [0.15, 0.2) is 0 Å². The normalized spacial score (nSPS) is 22.1. The number of hydrogen-bond donors (Lipinski definition) is 4. The third-order valence-corrected chi connectivity index (χ3v) is 7.69. The molecule has 1 aliphatic heterocycles. The van der Waals surface area contributed by atoms with Gasteiger partial charge in [-0.05, 0) is 54.8 Å². The summed E-state index contributed by atoms with van der Waals surface area (Å²) in [6.45, 7) is 10.00. The molecule has 12 heteroatoms. The molecule has 1 saturated carbocycles. The van der Waals surface area contributed by atoms with E-state index < -0.39 is 47.2 Å². The van der Waals surface area contributed by atoms with Gasteiger partial charge in [-0.25, -0.2) is 4.79 Å². The SMILES string of the molecule is CC(C)[C@@H]1C[C@@H](C(=O)NC(CC2CCC2)C(=O)C(=O)NP)N(C(=O)[C@@H](NC(=O)NP)C(C)(C)C)C1. The van der Waals surface area contributed by atoms with Crippen LogP contribution in [-0.4, -0.2) is 59.1 Å². The number of carbonyl (C=O) groups is 5. The Balaban J connectivity index is 2.29. The summed E-state index contributed by atoms with van der Waals surface area (Å²) in [5, 5.41) is 10.2. The Kier molecular flexibility index (Phi) is 10.5. The van der Waals surface area contributed by atoms with Gasteiger partial charge in [0.1, 0.15) is 12.1 Å². The van der Waals surface area contributed by atoms with Crippen LogP contribution < -0.4 is 20.8 Å². The van der Waals surface area contributed by atoms with Crippen molar-refractivity contribution in [2.24, 2.45) is 23.2 Å². The minimum absolute atomic E-state index is 0.0852. The summed E-state index contributed by atoms with van der Waals surface area (Å²) in [4.78, 5) is 65.5. The summed E-state index contributed by atoms with van der Waals surface area (Å²) in [6, 6.07) is -3.11. The van der Waals surface area contributed by atoms with E-state index in [0.29, 0.717) is 19.4 Å². The van der Waals surface area contributed by atoms with Gasteiger partial charge >= 0.3 is 6.03 Å². The predicted molar refractivity (Wildman–Crippen MR) is 140 cm³/mol. The molecule has 0 aromatic carbocycles. The van der Waals surface area contributed by atoms with Gasteiger partial charge in [0.2, 0.25) is 17.6 Å². The quantitative estimate of drug-likeness (QED) is 0.265.